The summed E-state index contributed by atoms with van der Waals surface area (Å²) in [5.74, 6) is 0.925. The smallest absolute Gasteiger partial charge is 0.238 e. The number of hydrogen-bond donors (Lipinski definition) is 3. The first-order valence-electron chi connectivity index (χ1n) is 12.3. The summed E-state index contributed by atoms with van der Waals surface area (Å²) in [5, 5.41) is 17.0. The van der Waals surface area contributed by atoms with E-state index in [1.165, 1.54) is 6.07 Å². The van der Waals surface area contributed by atoms with E-state index < -0.39 is 10.0 Å². The maximum absolute atomic E-state index is 12.3. The fourth-order valence-corrected chi connectivity index (χ4v) is 5.48. The van der Waals surface area contributed by atoms with Gasteiger partial charge in [0.05, 0.1) is 16.5 Å². The van der Waals surface area contributed by atoms with Gasteiger partial charge in [-0.1, -0.05) is 26.8 Å². The topological polar surface area (TPSA) is 145 Å². The highest BCUT2D eigenvalue weighted by Crippen LogP contribution is 2.28. The molecule has 1 fully saturated rings. The SMILES string of the molecule is Cc1ccc(Nc2ncc3cnn(C[C@H]4CC[C@H](NC(=O)CC(C)(C)C)CC4)c3n2)cc1S(N)(=O)=O. The number of anilines is 2. The Morgan fingerprint density at radius 1 is 1.17 bits per heavy atom. The lowest BCUT2D eigenvalue weighted by molar-refractivity contribution is -0.123. The lowest BCUT2D eigenvalue weighted by Gasteiger charge is -2.30. The molecular weight excluding hydrogens is 478 g/mol. The van der Waals surface area contributed by atoms with Gasteiger partial charge in [0.15, 0.2) is 5.65 Å². The zero-order chi connectivity index (χ0) is 26.1. The number of nitrogens with zero attached hydrogens (tertiary/aromatic N) is 4. The lowest BCUT2D eigenvalue weighted by atomic mass is 9.85. The van der Waals surface area contributed by atoms with Gasteiger partial charge in [-0.15, -0.1) is 0 Å². The molecule has 0 atom stereocenters. The zero-order valence-electron chi connectivity index (χ0n) is 21.3. The minimum atomic E-state index is -3.83. The molecule has 1 aromatic carbocycles. The number of aromatic nitrogens is 4. The van der Waals surface area contributed by atoms with E-state index in [0.717, 1.165) is 37.6 Å². The molecule has 11 heteroatoms. The van der Waals surface area contributed by atoms with Gasteiger partial charge in [0.2, 0.25) is 21.9 Å². The number of nitrogens with one attached hydrogen (secondary N) is 2. The number of sulfonamides is 1. The van der Waals surface area contributed by atoms with Crippen LogP contribution in [-0.2, 0) is 21.4 Å². The van der Waals surface area contributed by atoms with Crippen LogP contribution >= 0.6 is 0 Å². The molecule has 0 bridgehead atoms. The zero-order valence-corrected chi connectivity index (χ0v) is 22.1. The van der Waals surface area contributed by atoms with Gasteiger partial charge in [-0.05, 0) is 61.6 Å². The number of aryl methyl sites for hydroxylation is 1. The third-order valence-electron chi connectivity index (χ3n) is 6.46. The molecule has 1 saturated carbocycles. The molecule has 1 aliphatic rings. The average molecular weight is 514 g/mol. The van der Waals surface area contributed by atoms with Gasteiger partial charge in [0.1, 0.15) is 0 Å². The van der Waals surface area contributed by atoms with Crippen LogP contribution in [0.4, 0.5) is 11.6 Å². The second kappa shape index (κ2) is 10.1. The van der Waals surface area contributed by atoms with Gasteiger partial charge in [-0.2, -0.15) is 10.1 Å². The molecule has 2 aromatic heterocycles. The van der Waals surface area contributed by atoms with Gasteiger partial charge < -0.3 is 10.6 Å². The molecule has 1 aliphatic carbocycles. The Bertz CT molecular complexity index is 1350. The Hall–Kier alpha value is -3.05. The molecule has 4 N–H and O–H groups in total. The number of fused-ring (bicyclic) bond motifs is 1. The molecule has 4 rings (SSSR count). The van der Waals surface area contributed by atoms with Crippen molar-refractivity contribution in [2.75, 3.05) is 5.32 Å². The summed E-state index contributed by atoms with van der Waals surface area (Å²) < 4.78 is 25.6. The normalized spacial score (nSPS) is 18.8. The highest BCUT2D eigenvalue weighted by molar-refractivity contribution is 7.89. The summed E-state index contributed by atoms with van der Waals surface area (Å²) in [6.45, 7) is 8.65. The molecule has 36 heavy (non-hydrogen) atoms. The van der Waals surface area contributed by atoms with Crippen molar-refractivity contribution in [2.24, 2.45) is 16.5 Å². The second-order valence-electron chi connectivity index (χ2n) is 11.0. The van der Waals surface area contributed by atoms with Crippen LogP contribution in [0.2, 0.25) is 0 Å². The van der Waals surface area contributed by atoms with Crippen molar-refractivity contribution >= 4 is 38.6 Å². The van der Waals surface area contributed by atoms with Gasteiger partial charge in [0, 0.05) is 30.9 Å². The summed E-state index contributed by atoms with van der Waals surface area (Å²) in [6.07, 6.45) is 7.93. The second-order valence-corrected chi connectivity index (χ2v) is 12.5. The van der Waals surface area contributed by atoms with Crippen molar-refractivity contribution in [3.05, 3.63) is 36.2 Å². The fraction of sp³-hybridized carbons (Fsp3) is 0.520. The molecule has 0 saturated heterocycles. The van der Waals surface area contributed by atoms with Crippen LogP contribution in [0, 0.1) is 18.3 Å². The Morgan fingerprint density at radius 3 is 2.56 bits per heavy atom. The monoisotopic (exact) mass is 513 g/mol. The molecule has 3 aromatic rings. The Balaban J connectivity index is 1.41. The molecule has 0 radical (unpaired) electrons. The van der Waals surface area contributed by atoms with Crippen LogP contribution in [0.5, 0.6) is 0 Å². The summed E-state index contributed by atoms with van der Waals surface area (Å²) in [7, 11) is -3.83. The highest BCUT2D eigenvalue weighted by Gasteiger charge is 2.25. The third-order valence-corrected chi connectivity index (χ3v) is 7.51. The van der Waals surface area contributed by atoms with Crippen molar-refractivity contribution in [3.8, 4) is 0 Å². The highest BCUT2D eigenvalue weighted by atomic mass is 32.2. The Labute approximate surface area is 212 Å². The minimum Gasteiger partial charge on any atom is -0.353 e. The largest absolute Gasteiger partial charge is 0.353 e. The molecular formula is C25H35N7O3S. The Kier molecular flexibility index (Phi) is 7.33. The van der Waals surface area contributed by atoms with Crippen molar-refractivity contribution in [3.63, 3.8) is 0 Å². The number of hydrogen-bond acceptors (Lipinski definition) is 7. The van der Waals surface area contributed by atoms with E-state index in [1.54, 1.807) is 31.5 Å². The van der Waals surface area contributed by atoms with Crippen LogP contribution in [0.3, 0.4) is 0 Å². The molecule has 1 amide bonds. The Morgan fingerprint density at radius 2 is 1.89 bits per heavy atom. The molecule has 2 heterocycles. The fourth-order valence-electron chi connectivity index (χ4n) is 4.67. The molecule has 0 unspecified atom stereocenters. The van der Waals surface area contributed by atoms with E-state index in [0.29, 0.717) is 35.2 Å². The third kappa shape index (κ3) is 6.58. The van der Waals surface area contributed by atoms with E-state index in [4.69, 9.17) is 5.14 Å². The number of amides is 1. The first kappa shape index (κ1) is 26.0. The quantitative estimate of drug-likeness (QED) is 0.437. The number of nitrogens with two attached hydrogens (primary N) is 1. The maximum atomic E-state index is 12.3. The van der Waals surface area contributed by atoms with E-state index in [-0.39, 0.29) is 22.3 Å². The molecule has 0 spiro atoms. The van der Waals surface area contributed by atoms with Gasteiger partial charge in [-0.25, -0.2) is 23.2 Å². The first-order valence-corrected chi connectivity index (χ1v) is 13.8. The summed E-state index contributed by atoms with van der Waals surface area (Å²) in [4.78, 5) is 21.3. The van der Waals surface area contributed by atoms with Crippen LogP contribution < -0.4 is 15.8 Å². The predicted molar refractivity (Wildman–Crippen MR) is 139 cm³/mol. The summed E-state index contributed by atoms with van der Waals surface area (Å²) >= 11 is 0. The molecule has 0 aliphatic heterocycles. The van der Waals surface area contributed by atoms with E-state index in [2.05, 4.69) is 46.5 Å². The first-order chi connectivity index (χ1) is 16.9. The van der Waals surface area contributed by atoms with Gasteiger partial charge >= 0.3 is 0 Å². The van der Waals surface area contributed by atoms with Crippen LogP contribution in [0.15, 0.2) is 35.5 Å². The van der Waals surface area contributed by atoms with Crippen LogP contribution in [-0.4, -0.2) is 40.1 Å². The lowest BCUT2D eigenvalue weighted by Crippen LogP contribution is -2.39. The van der Waals surface area contributed by atoms with Crippen molar-refractivity contribution in [1.29, 1.82) is 0 Å². The van der Waals surface area contributed by atoms with E-state index in [9.17, 15) is 13.2 Å². The van der Waals surface area contributed by atoms with Gasteiger partial charge in [0.25, 0.3) is 0 Å². The molecule has 194 valence electrons. The van der Waals surface area contributed by atoms with Gasteiger partial charge in [-0.3, -0.25) is 4.79 Å². The van der Waals surface area contributed by atoms with Crippen molar-refractivity contribution in [2.45, 2.75) is 77.3 Å². The number of carbonyl (C=O) groups is 1. The van der Waals surface area contributed by atoms with E-state index in [1.807, 2.05) is 4.68 Å². The average Bonchev–Trinajstić information content (AvgIpc) is 3.16. The number of rotatable bonds is 7. The maximum Gasteiger partial charge on any atom is 0.238 e. The predicted octanol–water partition coefficient (Wildman–Crippen LogP) is 3.64. The standard InChI is InChI=1S/C25H35N7O3S/c1-16-5-8-20(11-21(16)36(26,34)35)30-24-27-13-18-14-28-32(23(18)31-24)15-17-6-9-19(10-7-17)29-22(33)12-25(2,3)4/h5,8,11,13-14,17,19H,6-7,9-10,12,15H2,1-4H3,(H,29,33)(H2,26,34,35)(H,27,30,31)/t17-,19-. The number of carbonyl (C=O) groups excluding carboxylic acids is 1. The summed E-state index contributed by atoms with van der Waals surface area (Å²) in [5.41, 5.74) is 1.80. The van der Waals surface area contributed by atoms with Crippen LogP contribution in [0.1, 0.15) is 58.4 Å². The number of benzene rings is 1. The molecule has 10 nitrogen and oxygen atoms in total. The number of primary sulfonamides is 1. The van der Waals surface area contributed by atoms with Crippen molar-refractivity contribution < 1.29 is 13.2 Å². The van der Waals surface area contributed by atoms with Crippen LogP contribution in [0.25, 0.3) is 11.0 Å². The van der Waals surface area contributed by atoms with Crippen molar-refractivity contribution in [1.82, 2.24) is 25.1 Å². The minimum absolute atomic E-state index is 0.0120. The van der Waals surface area contributed by atoms with E-state index >= 15 is 0 Å². The summed E-state index contributed by atoms with van der Waals surface area (Å²) in [6, 6.07) is 5.16.